The normalized spacial score (nSPS) is 32.1. The van der Waals surface area contributed by atoms with Crippen LogP contribution in [0.2, 0.25) is 0 Å². The largest absolute Gasteiger partial charge is 0.326 e. The number of carbonyl (C=O) groups is 2. The van der Waals surface area contributed by atoms with E-state index in [9.17, 15) is 9.59 Å². The van der Waals surface area contributed by atoms with Crippen molar-refractivity contribution in [1.29, 1.82) is 0 Å². The average Bonchev–Trinajstić information content (AvgIpc) is 3.04. The highest BCUT2D eigenvalue weighted by atomic mass is 32.1. The van der Waals surface area contributed by atoms with Crippen molar-refractivity contribution in [2.45, 2.75) is 58.5 Å². The van der Waals surface area contributed by atoms with E-state index in [1.807, 2.05) is 0 Å². The number of hydrogen-bond acceptors (Lipinski definition) is 4. The van der Waals surface area contributed by atoms with Gasteiger partial charge in [-0.15, -0.1) is 11.3 Å². The van der Waals surface area contributed by atoms with Gasteiger partial charge in [-0.25, -0.2) is 9.69 Å². The number of thiophene rings is 1. The fourth-order valence-electron chi connectivity index (χ4n) is 5.26. The van der Waals surface area contributed by atoms with Crippen molar-refractivity contribution in [3.05, 3.63) is 21.9 Å². The van der Waals surface area contributed by atoms with Gasteiger partial charge in [0, 0.05) is 18.0 Å². The van der Waals surface area contributed by atoms with Crippen LogP contribution < -0.4 is 5.32 Å². The van der Waals surface area contributed by atoms with E-state index in [1.54, 1.807) is 11.3 Å². The van der Waals surface area contributed by atoms with E-state index >= 15 is 0 Å². The van der Waals surface area contributed by atoms with Crippen LogP contribution in [0.3, 0.4) is 0 Å². The Hall–Kier alpha value is -1.40. The molecule has 136 valence electrons. The van der Waals surface area contributed by atoms with E-state index in [1.165, 1.54) is 15.3 Å². The third kappa shape index (κ3) is 2.99. The number of nitrogens with zero attached hydrogens (tertiary/aromatic N) is 2. The van der Waals surface area contributed by atoms with Crippen molar-refractivity contribution in [3.8, 4) is 0 Å². The number of hydrogen-bond donors (Lipinski definition) is 1. The highest BCUT2D eigenvalue weighted by Gasteiger charge is 2.56. The molecule has 2 aliphatic heterocycles. The molecule has 1 saturated carbocycles. The van der Waals surface area contributed by atoms with E-state index < -0.39 is 5.54 Å². The van der Waals surface area contributed by atoms with E-state index in [2.05, 4.69) is 42.4 Å². The van der Waals surface area contributed by atoms with Crippen LogP contribution in [0.5, 0.6) is 0 Å². The molecule has 0 bridgehead atoms. The van der Waals surface area contributed by atoms with Crippen molar-refractivity contribution >= 4 is 23.3 Å². The highest BCUT2D eigenvalue weighted by molar-refractivity contribution is 7.10. The maximum absolute atomic E-state index is 13.2. The summed E-state index contributed by atoms with van der Waals surface area (Å²) >= 11 is 1.80. The van der Waals surface area contributed by atoms with Gasteiger partial charge in [0.2, 0.25) is 0 Å². The van der Waals surface area contributed by atoms with E-state index in [0.29, 0.717) is 12.6 Å². The van der Waals surface area contributed by atoms with Crippen LogP contribution in [0, 0.1) is 11.3 Å². The Morgan fingerprint density at radius 2 is 2.12 bits per heavy atom. The summed E-state index contributed by atoms with van der Waals surface area (Å²) < 4.78 is 0. The summed E-state index contributed by atoms with van der Waals surface area (Å²) in [6, 6.07) is 1.94. The first-order valence-corrected chi connectivity index (χ1v) is 10.1. The summed E-state index contributed by atoms with van der Waals surface area (Å²) in [5.74, 6) is 0.421. The molecule has 4 rings (SSSR count). The Morgan fingerprint density at radius 3 is 2.88 bits per heavy atom. The number of urea groups is 1. The molecule has 0 unspecified atom stereocenters. The van der Waals surface area contributed by atoms with Crippen LogP contribution in [-0.2, 0) is 17.8 Å². The molecule has 3 amide bonds. The van der Waals surface area contributed by atoms with Crippen LogP contribution in [-0.4, -0.2) is 40.5 Å². The summed E-state index contributed by atoms with van der Waals surface area (Å²) in [5.41, 5.74) is 0.722. The molecule has 2 atom stereocenters. The molecule has 0 radical (unpaired) electrons. The summed E-state index contributed by atoms with van der Waals surface area (Å²) in [4.78, 5) is 30.9. The second kappa shape index (κ2) is 5.81. The molecule has 1 aromatic rings. The Bertz CT molecular complexity index is 713. The monoisotopic (exact) mass is 361 g/mol. The fourth-order valence-corrected chi connectivity index (χ4v) is 6.15. The number of imide groups is 1. The molecule has 25 heavy (non-hydrogen) atoms. The van der Waals surface area contributed by atoms with Gasteiger partial charge in [0.05, 0.1) is 6.67 Å². The van der Waals surface area contributed by atoms with Gasteiger partial charge in [0.25, 0.3) is 5.91 Å². The molecular weight excluding hydrogens is 334 g/mol. The number of amides is 3. The van der Waals surface area contributed by atoms with Crippen LogP contribution >= 0.6 is 11.3 Å². The smallest absolute Gasteiger partial charge is 0.323 e. The first-order chi connectivity index (χ1) is 11.8. The summed E-state index contributed by atoms with van der Waals surface area (Å²) in [6.07, 6.45) is 3.60. The molecular formula is C19H27N3O2S. The lowest BCUT2D eigenvalue weighted by Crippen LogP contribution is -2.54. The average molecular weight is 362 g/mol. The zero-order chi connectivity index (χ0) is 17.8. The molecule has 3 heterocycles. The molecule has 1 spiro atoms. The molecule has 1 aromatic heterocycles. The first-order valence-electron chi connectivity index (χ1n) is 9.20. The van der Waals surface area contributed by atoms with Crippen LogP contribution in [0.4, 0.5) is 4.79 Å². The predicted molar refractivity (Wildman–Crippen MR) is 98.2 cm³/mol. The molecule has 2 fully saturated rings. The lowest BCUT2D eigenvalue weighted by molar-refractivity contribution is -0.136. The summed E-state index contributed by atoms with van der Waals surface area (Å²) in [5, 5.41) is 5.20. The highest BCUT2D eigenvalue weighted by Crippen LogP contribution is 2.46. The van der Waals surface area contributed by atoms with E-state index in [-0.39, 0.29) is 17.4 Å². The Morgan fingerprint density at radius 1 is 1.32 bits per heavy atom. The maximum Gasteiger partial charge on any atom is 0.326 e. The Balaban J connectivity index is 1.50. The van der Waals surface area contributed by atoms with Crippen molar-refractivity contribution in [3.63, 3.8) is 0 Å². The summed E-state index contributed by atoms with van der Waals surface area (Å²) in [6.45, 7) is 8.72. The molecule has 3 aliphatic rings. The first kappa shape index (κ1) is 17.0. The second-order valence-corrected chi connectivity index (χ2v) is 9.91. The molecule has 6 heteroatoms. The minimum atomic E-state index is -0.693. The number of carbonyl (C=O) groups excluding carboxylic acids is 2. The lowest BCUT2D eigenvalue weighted by atomic mass is 9.64. The van der Waals surface area contributed by atoms with Gasteiger partial charge in [-0.05, 0) is 54.0 Å². The number of rotatable bonds is 2. The minimum absolute atomic E-state index is 0.0201. The molecule has 1 N–H and O–H groups in total. The topological polar surface area (TPSA) is 52.7 Å². The predicted octanol–water partition coefficient (Wildman–Crippen LogP) is 3.20. The summed E-state index contributed by atoms with van der Waals surface area (Å²) in [7, 11) is 0. The van der Waals surface area contributed by atoms with Gasteiger partial charge in [-0.3, -0.25) is 9.69 Å². The van der Waals surface area contributed by atoms with Crippen LogP contribution in [0.15, 0.2) is 11.4 Å². The van der Waals surface area contributed by atoms with E-state index in [0.717, 1.165) is 38.8 Å². The lowest BCUT2D eigenvalue weighted by Gasteiger charge is -2.44. The molecule has 0 aromatic carbocycles. The van der Waals surface area contributed by atoms with Gasteiger partial charge >= 0.3 is 6.03 Å². The van der Waals surface area contributed by atoms with Crippen molar-refractivity contribution in [2.24, 2.45) is 11.3 Å². The van der Waals surface area contributed by atoms with Gasteiger partial charge in [-0.2, -0.15) is 0 Å². The standard InChI is InChI=1S/C19H27N3O2S/c1-13-8-18(2,3)11-19(9-13)16(23)22(17(24)20-19)12-21-6-4-15-14(10-21)5-7-25-15/h5,7,13H,4,6,8-12H2,1-3H3,(H,20,24)/t13-,19+/m0/s1. The molecule has 1 saturated heterocycles. The van der Waals surface area contributed by atoms with Crippen molar-refractivity contribution < 1.29 is 9.59 Å². The van der Waals surface area contributed by atoms with Gasteiger partial charge in [-0.1, -0.05) is 20.8 Å². The third-order valence-electron chi connectivity index (χ3n) is 5.85. The maximum atomic E-state index is 13.2. The minimum Gasteiger partial charge on any atom is -0.323 e. The molecule has 1 aliphatic carbocycles. The Kier molecular flexibility index (Phi) is 3.96. The zero-order valence-electron chi connectivity index (χ0n) is 15.3. The van der Waals surface area contributed by atoms with Gasteiger partial charge in [0.15, 0.2) is 0 Å². The zero-order valence-corrected chi connectivity index (χ0v) is 16.1. The van der Waals surface area contributed by atoms with Crippen molar-refractivity contribution in [2.75, 3.05) is 13.2 Å². The SMILES string of the molecule is C[C@H]1CC(C)(C)C[C@@]2(C1)NC(=O)N(CN1CCc3sccc3C1)C2=O. The number of nitrogens with one attached hydrogen (secondary N) is 1. The van der Waals surface area contributed by atoms with Crippen LogP contribution in [0.1, 0.15) is 50.5 Å². The fraction of sp³-hybridized carbons (Fsp3) is 0.684. The second-order valence-electron chi connectivity index (χ2n) is 8.91. The van der Waals surface area contributed by atoms with Gasteiger partial charge < -0.3 is 5.32 Å². The van der Waals surface area contributed by atoms with Gasteiger partial charge in [0.1, 0.15) is 5.54 Å². The van der Waals surface area contributed by atoms with Crippen molar-refractivity contribution in [1.82, 2.24) is 15.1 Å². The quantitative estimate of drug-likeness (QED) is 0.823. The number of fused-ring (bicyclic) bond motifs is 1. The Labute approximate surface area is 153 Å². The van der Waals surface area contributed by atoms with E-state index in [4.69, 9.17) is 0 Å². The third-order valence-corrected chi connectivity index (χ3v) is 6.88. The molecule has 5 nitrogen and oxygen atoms in total. The van der Waals surface area contributed by atoms with Crippen LogP contribution in [0.25, 0.3) is 0 Å².